The molecular formula is C76H103ClF3N15O7. The number of hydrogen-bond donors (Lipinski definition) is 9. The number of fused-ring (bicyclic) bond motifs is 3. The fourth-order valence-electron chi connectivity index (χ4n) is 16.5. The molecule has 0 saturated heterocycles. The largest absolute Gasteiger partial charge is 0.455 e. The van der Waals surface area contributed by atoms with Gasteiger partial charge >= 0.3 is 6.18 Å². The molecule has 22 nitrogen and oxygen atoms in total. The number of anilines is 2. The third-order valence-corrected chi connectivity index (χ3v) is 22.9. The van der Waals surface area contributed by atoms with Crippen LogP contribution in [0.15, 0.2) is 75.1 Å². The van der Waals surface area contributed by atoms with Gasteiger partial charge in [-0.05, 0) is 155 Å². The molecule has 9 heterocycles. The van der Waals surface area contributed by atoms with Gasteiger partial charge < -0.3 is 64.4 Å². The smallest absolute Gasteiger partial charge is 0.408 e. The molecule has 7 aliphatic rings. The molecule has 0 radical (unpaired) electrons. The van der Waals surface area contributed by atoms with Crippen LogP contribution in [0, 0.1) is 60.2 Å². The number of aliphatic hydroxyl groups is 3. The van der Waals surface area contributed by atoms with Crippen molar-refractivity contribution >= 4 is 92.8 Å². The predicted octanol–water partition coefficient (Wildman–Crippen LogP) is 9.03. The van der Waals surface area contributed by atoms with Gasteiger partial charge in [-0.3, -0.25) is 15.6 Å². The average Bonchev–Trinajstić information content (AvgIpc) is 1.61. The van der Waals surface area contributed by atoms with Crippen molar-refractivity contribution in [2.24, 2.45) is 73.2 Å². The number of hydrogen-bond acceptors (Lipinski definition) is 18. The topological polar surface area (TPSA) is 276 Å². The molecule has 2 unspecified atom stereocenters. The van der Waals surface area contributed by atoms with Crippen molar-refractivity contribution in [3.05, 3.63) is 86.0 Å². The Hall–Kier alpha value is -7.39. The van der Waals surface area contributed by atoms with Gasteiger partial charge in [0.05, 0.1) is 47.5 Å². The van der Waals surface area contributed by atoms with E-state index in [2.05, 4.69) is 149 Å². The first-order valence-corrected chi connectivity index (χ1v) is 37.4. The van der Waals surface area contributed by atoms with E-state index in [1.807, 2.05) is 33.0 Å². The van der Waals surface area contributed by atoms with Crippen molar-refractivity contribution in [1.82, 2.24) is 46.0 Å². The summed E-state index contributed by atoms with van der Waals surface area (Å²) in [5.74, 6) is 2.75. The Kier molecular flexibility index (Phi) is 23.6. The fourth-order valence-corrected chi connectivity index (χ4v) is 16.8. The van der Waals surface area contributed by atoms with Gasteiger partial charge in [0.1, 0.15) is 46.5 Å². The van der Waals surface area contributed by atoms with Crippen LogP contribution in [0.4, 0.5) is 24.9 Å². The Morgan fingerprint density at radius 3 is 1.89 bits per heavy atom. The van der Waals surface area contributed by atoms with E-state index in [4.69, 9.17) is 49.5 Å². The van der Waals surface area contributed by atoms with E-state index < -0.39 is 25.1 Å². The summed E-state index contributed by atoms with van der Waals surface area (Å²) in [6.45, 7) is 25.3. The van der Waals surface area contributed by atoms with Gasteiger partial charge in [-0.15, -0.1) is 0 Å². The average molecular weight is 1430 g/mol. The van der Waals surface area contributed by atoms with Crippen LogP contribution < -0.4 is 53.6 Å². The summed E-state index contributed by atoms with van der Waals surface area (Å²) < 4.78 is 66.2. The summed E-state index contributed by atoms with van der Waals surface area (Å²) in [6.07, 6.45) is 12.0. The number of allylic oxidation sites excluding steroid dienone is 2. The van der Waals surface area contributed by atoms with Crippen molar-refractivity contribution in [3.63, 3.8) is 0 Å². The third-order valence-electron chi connectivity index (χ3n) is 22.6. The highest BCUT2D eigenvalue weighted by Gasteiger charge is 2.46. The number of ether oxygens (including phenoxy) is 1. The molecule has 552 valence electrons. The Labute approximate surface area is 600 Å². The molecule has 0 aromatic carbocycles. The SMILES string of the molecule is CCCCCNc1nc(C)c(-c2cc3cc(CC)ncc3o2)c(N[C@@H]2C[C@H](CO)[C@@H](CN3C=c4oc(=C5C(C)=NC(=NCCOCC)NC5N[C@@H]5C[C@H](CO)[C@@H](CN6C=c7oc(=C8C(Cl)=NC(=NCC(F)(F)F)NC8N[C@@H]8C[C@H](CO)[C@@H](C)[C@H]8C)cc7C=C6CC)[C@H]5C)cc4C=C3CC)[C@H]2C)n1. The molecule has 26 heteroatoms. The van der Waals surface area contributed by atoms with E-state index in [0.717, 1.165) is 107 Å². The summed E-state index contributed by atoms with van der Waals surface area (Å²) in [4.78, 5) is 37.1. The van der Waals surface area contributed by atoms with Gasteiger partial charge in [0.2, 0.25) is 17.9 Å². The molecule has 12 rings (SSSR count). The van der Waals surface area contributed by atoms with Gasteiger partial charge in [-0.2, -0.15) is 18.2 Å². The Balaban J connectivity index is 0.808. The van der Waals surface area contributed by atoms with Crippen LogP contribution in [0.5, 0.6) is 0 Å². The highest BCUT2D eigenvalue weighted by atomic mass is 35.5. The zero-order valence-corrected chi connectivity index (χ0v) is 61.5. The Morgan fingerprint density at radius 2 is 1.29 bits per heavy atom. The maximum Gasteiger partial charge on any atom is 0.408 e. The van der Waals surface area contributed by atoms with Crippen LogP contribution in [-0.2, 0) is 11.2 Å². The summed E-state index contributed by atoms with van der Waals surface area (Å²) in [6, 6.07) is 7.92. The van der Waals surface area contributed by atoms with Crippen molar-refractivity contribution < 1.29 is 46.5 Å². The summed E-state index contributed by atoms with van der Waals surface area (Å²) in [7, 11) is 0. The number of unbranched alkanes of at least 4 members (excludes halogenated alkanes) is 2. The van der Waals surface area contributed by atoms with Crippen LogP contribution in [0.2, 0.25) is 0 Å². The molecule has 0 spiro atoms. The lowest BCUT2D eigenvalue weighted by atomic mass is 9.89. The van der Waals surface area contributed by atoms with Crippen LogP contribution >= 0.6 is 11.6 Å². The normalized spacial score (nSPS) is 29.1. The number of alkyl halides is 3. The third kappa shape index (κ3) is 16.1. The Morgan fingerprint density at radius 1 is 0.696 bits per heavy atom. The van der Waals surface area contributed by atoms with Crippen LogP contribution in [0.3, 0.4) is 0 Å². The summed E-state index contributed by atoms with van der Waals surface area (Å²) >= 11 is 6.95. The lowest BCUT2D eigenvalue weighted by Gasteiger charge is -2.34. The van der Waals surface area contributed by atoms with Crippen LogP contribution in [-0.4, -0.2) is 165 Å². The molecule has 3 saturated carbocycles. The number of furan rings is 3. The van der Waals surface area contributed by atoms with Crippen LogP contribution in [0.25, 0.3) is 58.0 Å². The minimum atomic E-state index is -4.55. The second-order valence-electron chi connectivity index (χ2n) is 28.9. The van der Waals surface area contributed by atoms with E-state index in [1.165, 1.54) is 0 Å². The number of nitrogens with zero attached hydrogens (tertiary/aromatic N) is 9. The minimum absolute atomic E-state index is 0.00501. The first-order valence-electron chi connectivity index (χ1n) is 37.0. The number of halogens is 4. The molecule has 4 aliphatic heterocycles. The number of aliphatic hydroxyl groups excluding tert-OH is 3. The zero-order chi connectivity index (χ0) is 72.3. The summed E-state index contributed by atoms with van der Waals surface area (Å²) in [5, 5.41) is 55.3. The lowest BCUT2D eigenvalue weighted by Crippen LogP contribution is -2.55. The first kappa shape index (κ1) is 74.3. The van der Waals surface area contributed by atoms with Crippen molar-refractivity contribution in [2.75, 3.05) is 76.4 Å². The van der Waals surface area contributed by atoms with E-state index >= 15 is 0 Å². The molecule has 5 aromatic rings. The van der Waals surface area contributed by atoms with Gasteiger partial charge in [-0.1, -0.05) is 79.8 Å². The molecule has 14 atom stereocenters. The van der Waals surface area contributed by atoms with Gasteiger partial charge in [-0.25, -0.2) is 25.0 Å². The maximum atomic E-state index is 13.5. The minimum Gasteiger partial charge on any atom is -0.455 e. The molecule has 5 aromatic heterocycles. The van der Waals surface area contributed by atoms with Gasteiger partial charge in [0.25, 0.3) is 0 Å². The number of aromatic nitrogens is 3. The van der Waals surface area contributed by atoms with E-state index in [1.54, 1.807) is 6.20 Å². The standard InChI is InChI=1S/C76H103ClF3N15O7/c1-12-17-18-19-81-73-85-44(10)66(60-28-46-22-52(13-2)83-31-63(46)100-60)70(91-73)88-58-26-50(37-97)55(42(58)8)32-94-34-64-47(23-53(94)14-3)29-61(101-64)67-45(11)86-74(82-20-21-99-16-5)92-71(67)89-59-27-51(38-98)56(43(59)9)33-95-35-65-48(24-54(95)15-4)30-62(102-65)68-69(77)90-75(84-39-76(78,79)80)93-72(68)87-57-25-49(36-96)40(6)41(57)7/h22-24,28-31,34-35,40-43,49-51,55-59,71-72,87,89,96-98H,12-21,25-27,32-33,36-39H2,1-11H3,(H,82,92)(H,84,93)(H2,81,85,88,91)/t40-,41+,42+,43+,49+,50+,51+,55-,56-,57+,58+,59+,71?,72?/m0/s1. The molecular weight excluding hydrogens is 1330 g/mol. The highest BCUT2D eigenvalue weighted by Crippen LogP contribution is 2.44. The number of rotatable bonds is 27. The second kappa shape index (κ2) is 32.3. The molecule has 3 fully saturated rings. The monoisotopic (exact) mass is 1430 g/mol. The van der Waals surface area contributed by atoms with Gasteiger partial charge in [0, 0.05) is 110 Å². The highest BCUT2D eigenvalue weighted by molar-refractivity contribution is 6.76. The van der Waals surface area contributed by atoms with Gasteiger partial charge in [0.15, 0.2) is 16.4 Å². The quantitative estimate of drug-likeness (QED) is 0.0222. The number of guanidine groups is 2. The zero-order valence-electron chi connectivity index (χ0n) is 60.7. The van der Waals surface area contributed by atoms with E-state index in [9.17, 15) is 28.5 Å². The summed E-state index contributed by atoms with van der Waals surface area (Å²) in [5.41, 5.74) is 11.6. The molecule has 102 heavy (non-hydrogen) atoms. The molecule has 3 aliphatic carbocycles. The van der Waals surface area contributed by atoms with E-state index in [-0.39, 0.29) is 102 Å². The molecule has 9 N–H and O–H groups in total. The number of aryl methyl sites for hydroxylation is 2. The van der Waals surface area contributed by atoms with Crippen molar-refractivity contribution in [3.8, 4) is 11.3 Å². The van der Waals surface area contributed by atoms with Crippen molar-refractivity contribution in [2.45, 2.75) is 171 Å². The number of pyridine rings is 1. The molecule has 0 bridgehead atoms. The maximum absolute atomic E-state index is 13.5. The lowest BCUT2D eigenvalue weighted by molar-refractivity contribution is -0.118. The molecule has 0 amide bonds. The number of nitrogens with one attached hydrogen (secondary N) is 6. The Bertz CT molecular complexity index is 4290. The fraction of sp³-hybridized carbons (Fsp3) is 0.592. The first-order chi connectivity index (χ1) is 49.1. The second-order valence-corrected chi connectivity index (χ2v) is 29.3. The van der Waals surface area contributed by atoms with Crippen molar-refractivity contribution in [1.29, 1.82) is 0 Å². The van der Waals surface area contributed by atoms with E-state index in [0.29, 0.717) is 103 Å². The van der Waals surface area contributed by atoms with Crippen LogP contribution in [0.1, 0.15) is 143 Å². The predicted molar refractivity (Wildman–Crippen MR) is 397 cm³/mol. The number of aliphatic imine (C=N–C) groups is 4.